The first-order chi connectivity index (χ1) is 17.5. The number of rotatable bonds is 18. The number of carboxylic acids is 1. The van der Waals surface area contributed by atoms with Gasteiger partial charge in [0.25, 0.3) is 0 Å². The zero-order valence-corrected chi connectivity index (χ0v) is 21.0. The summed E-state index contributed by atoms with van der Waals surface area (Å²) in [7, 11) is 0. The van der Waals surface area contributed by atoms with E-state index in [-0.39, 0.29) is 50.5 Å². The molecule has 37 heavy (non-hydrogen) atoms. The zero-order valence-electron chi connectivity index (χ0n) is 21.0. The quantitative estimate of drug-likeness (QED) is 0.0487. The summed E-state index contributed by atoms with van der Waals surface area (Å²) >= 11 is 0. The highest BCUT2D eigenvalue weighted by molar-refractivity contribution is 5.94. The number of carbonyl (C=O) groups excluding carboxylic acids is 4. The van der Waals surface area contributed by atoms with Crippen LogP contribution in [-0.4, -0.2) is 84.5 Å². The van der Waals surface area contributed by atoms with Crippen molar-refractivity contribution >= 4 is 35.6 Å². The summed E-state index contributed by atoms with van der Waals surface area (Å²) in [5.74, 6) is -3.87. The second-order valence-corrected chi connectivity index (χ2v) is 8.91. The number of hydrogen-bond acceptors (Lipinski definition) is 8. The second kappa shape index (κ2) is 17.1. The van der Waals surface area contributed by atoms with Gasteiger partial charge in [0.05, 0.1) is 6.04 Å². The molecule has 0 spiro atoms. The summed E-state index contributed by atoms with van der Waals surface area (Å²) in [5, 5.41) is 20.2. The molecule has 0 aromatic heterocycles. The first kappa shape index (κ1) is 31.6. The number of guanidine groups is 1. The molecule has 15 nitrogen and oxygen atoms in total. The fourth-order valence-electron chi connectivity index (χ4n) is 3.80. The smallest absolute Gasteiger partial charge is 0.326 e. The Balaban J connectivity index is 2.91. The molecule has 0 saturated carbocycles. The molecular weight excluding hydrogens is 486 g/mol. The van der Waals surface area contributed by atoms with Crippen LogP contribution < -0.4 is 44.2 Å². The number of amides is 4. The lowest BCUT2D eigenvalue weighted by molar-refractivity contribution is -0.142. The van der Waals surface area contributed by atoms with Gasteiger partial charge in [-0.25, -0.2) is 4.79 Å². The summed E-state index contributed by atoms with van der Waals surface area (Å²) in [6.07, 6.45) is 2.89. The van der Waals surface area contributed by atoms with Crippen molar-refractivity contribution in [2.75, 3.05) is 19.6 Å². The van der Waals surface area contributed by atoms with E-state index in [4.69, 9.17) is 22.9 Å². The van der Waals surface area contributed by atoms with E-state index in [0.29, 0.717) is 32.4 Å². The zero-order chi connectivity index (χ0) is 27.8. The van der Waals surface area contributed by atoms with Crippen molar-refractivity contribution in [3.63, 3.8) is 0 Å². The molecule has 1 aliphatic heterocycles. The number of nitrogens with two attached hydrogens (primary N) is 4. The van der Waals surface area contributed by atoms with Crippen LogP contribution in [0.25, 0.3) is 0 Å². The standard InChI is InChI=1S/C22H41N9O6/c23-10-2-1-5-14(29-18(33)13-6-3-11-27-13)19(34)30-15(8-9-17(24)32)20(35)31-16(21(36)37)7-4-12-28-22(25)26/h13-16,27H,1-12,23H2,(H2,24,32)(H,29,33)(H,30,34)(H,31,35)(H,36,37)(H4,25,26,28). The maximum atomic E-state index is 13.1. The van der Waals surface area contributed by atoms with E-state index in [1.54, 1.807) is 0 Å². The van der Waals surface area contributed by atoms with Gasteiger partial charge in [-0.1, -0.05) is 0 Å². The molecule has 1 heterocycles. The van der Waals surface area contributed by atoms with Crippen molar-refractivity contribution in [3.05, 3.63) is 0 Å². The SMILES string of the molecule is NCCCCC(NC(=O)C1CCCN1)C(=O)NC(CCC(N)=O)C(=O)NC(CCCN=C(N)N)C(=O)O. The van der Waals surface area contributed by atoms with Gasteiger partial charge in [0.2, 0.25) is 23.6 Å². The van der Waals surface area contributed by atoms with Gasteiger partial charge in [-0.2, -0.15) is 0 Å². The third-order valence-corrected chi connectivity index (χ3v) is 5.83. The van der Waals surface area contributed by atoms with E-state index in [9.17, 15) is 29.1 Å². The van der Waals surface area contributed by atoms with E-state index in [2.05, 4.69) is 26.3 Å². The second-order valence-electron chi connectivity index (χ2n) is 8.91. The minimum Gasteiger partial charge on any atom is -0.480 e. The number of aliphatic carboxylic acids is 1. The first-order valence-corrected chi connectivity index (χ1v) is 12.5. The average Bonchev–Trinajstić information content (AvgIpc) is 3.37. The predicted molar refractivity (Wildman–Crippen MR) is 136 cm³/mol. The lowest BCUT2D eigenvalue weighted by Gasteiger charge is -2.25. The molecule has 0 aliphatic carbocycles. The molecule has 1 aliphatic rings. The molecule has 1 saturated heterocycles. The highest BCUT2D eigenvalue weighted by atomic mass is 16.4. The van der Waals surface area contributed by atoms with Gasteiger partial charge in [0.1, 0.15) is 18.1 Å². The molecule has 4 atom stereocenters. The molecule has 4 unspecified atom stereocenters. The Bertz CT molecular complexity index is 812. The summed E-state index contributed by atoms with van der Waals surface area (Å²) < 4.78 is 0. The van der Waals surface area contributed by atoms with Crippen molar-refractivity contribution in [3.8, 4) is 0 Å². The topological polar surface area (TPSA) is 270 Å². The van der Waals surface area contributed by atoms with Crippen LogP contribution in [0.5, 0.6) is 0 Å². The van der Waals surface area contributed by atoms with Crippen LogP contribution in [0.1, 0.15) is 57.8 Å². The molecular formula is C22H41N9O6. The Kier molecular flexibility index (Phi) is 14.6. The maximum absolute atomic E-state index is 13.1. The fraction of sp³-hybridized carbons (Fsp3) is 0.727. The predicted octanol–water partition coefficient (Wildman–Crippen LogP) is -3.27. The largest absolute Gasteiger partial charge is 0.480 e. The van der Waals surface area contributed by atoms with Crippen molar-refractivity contribution in [2.45, 2.75) is 82.0 Å². The number of carboxylic acid groups (broad SMARTS) is 1. The third kappa shape index (κ3) is 12.9. The van der Waals surface area contributed by atoms with Gasteiger partial charge in [0.15, 0.2) is 5.96 Å². The Morgan fingerprint density at radius 3 is 2.05 bits per heavy atom. The lowest BCUT2D eigenvalue weighted by atomic mass is 10.0. The first-order valence-electron chi connectivity index (χ1n) is 12.5. The van der Waals surface area contributed by atoms with Gasteiger partial charge in [-0.3, -0.25) is 24.2 Å². The highest BCUT2D eigenvalue weighted by Gasteiger charge is 2.31. The molecule has 4 amide bonds. The van der Waals surface area contributed by atoms with Crippen LogP contribution in [0.3, 0.4) is 0 Å². The van der Waals surface area contributed by atoms with Crippen molar-refractivity contribution in [1.82, 2.24) is 21.3 Å². The van der Waals surface area contributed by atoms with E-state index in [1.807, 2.05) is 0 Å². The van der Waals surface area contributed by atoms with Crippen molar-refractivity contribution < 1.29 is 29.1 Å². The molecule has 1 fully saturated rings. The maximum Gasteiger partial charge on any atom is 0.326 e. The number of carbonyl (C=O) groups is 5. The summed E-state index contributed by atoms with van der Waals surface area (Å²) in [4.78, 5) is 65.4. The Morgan fingerprint density at radius 2 is 1.51 bits per heavy atom. The number of unbranched alkanes of at least 4 members (excludes halogenated alkanes) is 1. The van der Waals surface area contributed by atoms with Gasteiger partial charge in [-0.15, -0.1) is 0 Å². The Labute approximate surface area is 215 Å². The number of nitrogens with one attached hydrogen (secondary N) is 4. The molecule has 1 rings (SSSR count). The van der Waals surface area contributed by atoms with Gasteiger partial charge in [-0.05, 0) is 64.5 Å². The average molecular weight is 528 g/mol. The number of hydrogen-bond donors (Lipinski definition) is 9. The number of nitrogens with zero attached hydrogens (tertiary/aromatic N) is 1. The molecule has 0 aromatic rings. The number of primary amides is 1. The molecule has 0 bridgehead atoms. The minimum atomic E-state index is -1.28. The van der Waals surface area contributed by atoms with Gasteiger partial charge < -0.3 is 49.3 Å². The number of aliphatic imine (C=N–C) groups is 1. The molecule has 0 radical (unpaired) electrons. The molecule has 0 aromatic carbocycles. The summed E-state index contributed by atoms with van der Waals surface area (Å²) in [6.45, 7) is 1.29. The van der Waals surface area contributed by atoms with E-state index < -0.39 is 47.9 Å². The van der Waals surface area contributed by atoms with E-state index >= 15 is 0 Å². The highest BCUT2D eigenvalue weighted by Crippen LogP contribution is 2.09. The van der Waals surface area contributed by atoms with Crippen LogP contribution in [0, 0.1) is 0 Å². The molecule has 13 N–H and O–H groups in total. The van der Waals surface area contributed by atoms with Crippen LogP contribution in [0.4, 0.5) is 0 Å². The summed E-state index contributed by atoms with van der Waals surface area (Å²) in [5.41, 5.74) is 21.3. The van der Waals surface area contributed by atoms with Crippen LogP contribution >= 0.6 is 0 Å². The lowest BCUT2D eigenvalue weighted by Crippen LogP contribution is -2.57. The molecule has 210 valence electrons. The molecule has 15 heteroatoms. The van der Waals surface area contributed by atoms with E-state index in [1.165, 1.54) is 0 Å². The van der Waals surface area contributed by atoms with Crippen LogP contribution in [-0.2, 0) is 24.0 Å². The monoisotopic (exact) mass is 527 g/mol. The minimum absolute atomic E-state index is 0.0283. The fourth-order valence-corrected chi connectivity index (χ4v) is 3.80. The van der Waals surface area contributed by atoms with E-state index in [0.717, 1.165) is 6.42 Å². The van der Waals surface area contributed by atoms with Crippen LogP contribution in [0.15, 0.2) is 4.99 Å². The summed E-state index contributed by atoms with van der Waals surface area (Å²) in [6, 6.07) is -3.88. The van der Waals surface area contributed by atoms with Crippen LogP contribution in [0.2, 0.25) is 0 Å². The Morgan fingerprint density at radius 1 is 0.892 bits per heavy atom. The normalized spacial score (nSPS) is 17.2. The third-order valence-electron chi connectivity index (χ3n) is 5.83. The van der Waals surface area contributed by atoms with Gasteiger partial charge >= 0.3 is 5.97 Å². The Hall–Kier alpha value is -3.46. The van der Waals surface area contributed by atoms with Crippen molar-refractivity contribution in [2.24, 2.45) is 27.9 Å². The van der Waals surface area contributed by atoms with Crippen molar-refractivity contribution in [1.29, 1.82) is 0 Å². The van der Waals surface area contributed by atoms with Gasteiger partial charge in [0, 0.05) is 13.0 Å².